The molecule has 0 amide bonds. The van der Waals surface area contributed by atoms with Gasteiger partial charge in [0, 0.05) is 31.2 Å². The van der Waals surface area contributed by atoms with Crippen molar-refractivity contribution in [1.29, 1.82) is 0 Å². The second kappa shape index (κ2) is 7.11. The molecule has 0 aromatic carbocycles. The zero-order chi connectivity index (χ0) is 18.8. The number of nitrogens with one attached hydrogen (secondary N) is 1. The van der Waals surface area contributed by atoms with Gasteiger partial charge in [0.25, 0.3) is 0 Å². The highest BCUT2D eigenvalue weighted by atomic mass is 15.3. The Balaban J connectivity index is 1.80. The topological polar surface area (TPSA) is 81.4 Å². The number of nitrogens with zero attached hydrogens (tertiary/aromatic N) is 6. The zero-order valence-corrected chi connectivity index (χ0v) is 15.6. The molecule has 1 N–H and O–H groups in total. The molecule has 0 aliphatic rings. The van der Waals surface area contributed by atoms with Crippen LogP contribution in [0.25, 0.3) is 22.4 Å². The molecule has 0 radical (unpaired) electrons. The molecule has 27 heavy (non-hydrogen) atoms. The highest BCUT2D eigenvalue weighted by molar-refractivity contribution is 5.88. The van der Waals surface area contributed by atoms with Crippen LogP contribution in [-0.4, -0.2) is 29.7 Å². The standard InChI is InChI=1S/C20H21N7/c1-4-16(17-11-13(2)5-10-22-17)24-19-15-12-23-27(3)20(15)26-18(25-19)14-6-8-21-9-7-14/h5-12,16H,4H2,1-3H3,(H,24,25,26). The van der Waals surface area contributed by atoms with Gasteiger partial charge in [0.2, 0.25) is 0 Å². The van der Waals surface area contributed by atoms with Crippen molar-refractivity contribution in [2.45, 2.75) is 26.3 Å². The Hall–Kier alpha value is -3.35. The Morgan fingerprint density at radius 1 is 1.11 bits per heavy atom. The van der Waals surface area contributed by atoms with E-state index < -0.39 is 0 Å². The molecule has 0 bridgehead atoms. The molecule has 0 aliphatic carbocycles. The monoisotopic (exact) mass is 359 g/mol. The minimum absolute atomic E-state index is 0.0495. The summed E-state index contributed by atoms with van der Waals surface area (Å²) >= 11 is 0. The molecular weight excluding hydrogens is 338 g/mol. The third-order valence-corrected chi connectivity index (χ3v) is 4.54. The van der Waals surface area contributed by atoms with Crippen molar-refractivity contribution >= 4 is 16.9 Å². The van der Waals surface area contributed by atoms with Crippen LogP contribution in [-0.2, 0) is 7.05 Å². The Morgan fingerprint density at radius 2 is 1.93 bits per heavy atom. The lowest BCUT2D eigenvalue weighted by Gasteiger charge is -2.18. The maximum Gasteiger partial charge on any atom is 0.164 e. The fraction of sp³-hybridized carbons (Fsp3) is 0.250. The average molecular weight is 359 g/mol. The molecule has 4 aromatic rings. The smallest absolute Gasteiger partial charge is 0.164 e. The van der Waals surface area contributed by atoms with Crippen LogP contribution in [0.2, 0.25) is 0 Å². The molecule has 7 nitrogen and oxygen atoms in total. The van der Waals surface area contributed by atoms with Crippen LogP contribution in [0.3, 0.4) is 0 Å². The molecule has 0 saturated heterocycles. The minimum atomic E-state index is 0.0495. The highest BCUT2D eigenvalue weighted by Gasteiger charge is 2.17. The lowest BCUT2D eigenvalue weighted by molar-refractivity contribution is 0.719. The first kappa shape index (κ1) is 17.1. The van der Waals surface area contributed by atoms with Gasteiger partial charge in [-0.25, -0.2) is 9.97 Å². The molecular formula is C20H21N7. The van der Waals surface area contributed by atoms with Gasteiger partial charge in [-0.1, -0.05) is 6.92 Å². The third-order valence-electron chi connectivity index (χ3n) is 4.54. The number of anilines is 1. The summed E-state index contributed by atoms with van der Waals surface area (Å²) in [4.78, 5) is 18.1. The van der Waals surface area contributed by atoms with Crippen molar-refractivity contribution in [3.63, 3.8) is 0 Å². The first-order valence-electron chi connectivity index (χ1n) is 8.95. The third kappa shape index (κ3) is 3.36. The summed E-state index contributed by atoms with van der Waals surface area (Å²) in [5.41, 5.74) is 3.88. The van der Waals surface area contributed by atoms with Crippen LogP contribution in [0.15, 0.2) is 49.1 Å². The Morgan fingerprint density at radius 3 is 2.67 bits per heavy atom. The van der Waals surface area contributed by atoms with E-state index in [1.807, 2.05) is 31.4 Å². The molecule has 4 aromatic heterocycles. The van der Waals surface area contributed by atoms with E-state index >= 15 is 0 Å². The summed E-state index contributed by atoms with van der Waals surface area (Å²) in [7, 11) is 1.88. The molecule has 0 saturated carbocycles. The molecule has 7 heteroatoms. The molecule has 0 aliphatic heterocycles. The summed E-state index contributed by atoms with van der Waals surface area (Å²) in [5, 5.41) is 8.80. The summed E-state index contributed by atoms with van der Waals surface area (Å²) in [5.74, 6) is 1.40. The number of rotatable bonds is 5. The Labute approximate surface area is 157 Å². The van der Waals surface area contributed by atoms with Gasteiger partial charge in [0.15, 0.2) is 11.5 Å². The van der Waals surface area contributed by atoms with Gasteiger partial charge < -0.3 is 5.32 Å². The van der Waals surface area contributed by atoms with E-state index in [1.54, 1.807) is 23.3 Å². The first-order valence-corrected chi connectivity index (χ1v) is 8.95. The van der Waals surface area contributed by atoms with Crippen LogP contribution >= 0.6 is 0 Å². The summed E-state index contributed by atoms with van der Waals surface area (Å²) in [6.07, 6.45) is 8.00. The van der Waals surface area contributed by atoms with Crippen molar-refractivity contribution in [3.8, 4) is 11.4 Å². The number of pyridine rings is 2. The van der Waals surface area contributed by atoms with Gasteiger partial charge in [-0.3, -0.25) is 14.6 Å². The maximum absolute atomic E-state index is 4.79. The first-order chi connectivity index (χ1) is 13.2. The van der Waals surface area contributed by atoms with E-state index in [0.29, 0.717) is 5.82 Å². The lowest BCUT2D eigenvalue weighted by atomic mass is 10.1. The molecule has 1 atom stereocenters. The molecule has 1 unspecified atom stereocenters. The Bertz CT molecular complexity index is 1070. The number of fused-ring (bicyclic) bond motifs is 1. The second-order valence-electron chi connectivity index (χ2n) is 6.50. The van der Waals surface area contributed by atoms with Crippen LogP contribution < -0.4 is 5.32 Å². The quantitative estimate of drug-likeness (QED) is 0.585. The van der Waals surface area contributed by atoms with Gasteiger partial charge in [-0.2, -0.15) is 5.10 Å². The number of aryl methyl sites for hydroxylation is 2. The summed E-state index contributed by atoms with van der Waals surface area (Å²) in [6, 6.07) is 7.96. The van der Waals surface area contributed by atoms with Gasteiger partial charge >= 0.3 is 0 Å². The van der Waals surface area contributed by atoms with Crippen molar-refractivity contribution in [3.05, 3.63) is 60.3 Å². The average Bonchev–Trinajstić information content (AvgIpc) is 3.08. The molecule has 136 valence electrons. The van der Waals surface area contributed by atoms with Gasteiger partial charge in [0.1, 0.15) is 5.82 Å². The van der Waals surface area contributed by atoms with Gasteiger partial charge in [-0.05, 0) is 43.2 Å². The molecule has 4 rings (SSSR count). The zero-order valence-electron chi connectivity index (χ0n) is 15.6. The Kier molecular flexibility index (Phi) is 4.50. The van der Waals surface area contributed by atoms with Crippen LogP contribution in [0.5, 0.6) is 0 Å². The predicted octanol–water partition coefficient (Wildman–Crippen LogP) is 3.69. The largest absolute Gasteiger partial charge is 0.361 e. The normalized spacial score (nSPS) is 12.3. The van der Waals surface area contributed by atoms with E-state index in [4.69, 9.17) is 9.97 Å². The predicted molar refractivity (Wildman–Crippen MR) is 105 cm³/mol. The lowest BCUT2D eigenvalue weighted by Crippen LogP contribution is -2.13. The number of hydrogen-bond acceptors (Lipinski definition) is 6. The van der Waals surface area contributed by atoms with E-state index in [-0.39, 0.29) is 6.04 Å². The fourth-order valence-electron chi connectivity index (χ4n) is 3.06. The van der Waals surface area contributed by atoms with Gasteiger partial charge in [0.05, 0.1) is 23.3 Å². The summed E-state index contributed by atoms with van der Waals surface area (Å²) in [6.45, 7) is 4.20. The maximum atomic E-state index is 4.79. The second-order valence-corrected chi connectivity index (χ2v) is 6.50. The molecule has 0 fully saturated rings. The van der Waals surface area contributed by atoms with Crippen molar-refractivity contribution in [1.82, 2.24) is 29.7 Å². The van der Waals surface area contributed by atoms with E-state index in [1.165, 1.54) is 5.56 Å². The number of hydrogen-bond donors (Lipinski definition) is 1. The van der Waals surface area contributed by atoms with Crippen molar-refractivity contribution in [2.24, 2.45) is 7.05 Å². The summed E-state index contributed by atoms with van der Waals surface area (Å²) < 4.78 is 1.76. The van der Waals surface area contributed by atoms with Crippen molar-refractivity contribution in [2.75, 3.05) is 5.32 Å². The van der Waals surface area contributed by atoms with Crippen LogP contribution in [0, 0.1) is 6.92 Å². The number of aromatic nitrogens is 6. The van der Waals surface area contributed by atoms with Crippen LogP contribution in [0.4, 0.5) is 5.82 Å². The van der Waals surface area contributed by atoms with E-state index in [9.17, 15) is 0 Å². The van der Waals surface area contributed by atoms with Crippen LogP contribution in [0.1, 0.15) is 30.6 Å². The van der Waals surface area contributed by atoms with Gasteiger partial charge in [-0.15, -0.1) is 0 Å². The molecule has 0 spiro atoms. The van der Waals surface area contributed by atoms with Crippen molar-refractivity contribution < 1.29 is 0 Å². The molecule has 4 heterocycles. The minimum Gasteiger partial charge on any atom is -0.361 e. The van der Waals surface area contributed by atoms with E-state index in [0.717, 1.165) is 34.5 Å². The SMILES string of the molecule is CCC(Nc1nc(-c2ccncc2)nc2c1cnn2C)c1cc(C)ccn1. The fourth-order valence-corrected chi connectivity index (χ4v) is 3.06. The highest BCUT2D eigenvalue weighted by Crippen LogP contribution is 2.28. The van der Waals surface area contributed by atoms with E-state index in [2.05, 4.69) is 40.3 Å².